The van der Waals surface area contributed by atoms with Crippen molar-refractivity contribution in [2.24, 2.45) is 0 Å². The molecule has 0 amide bonds. The summed E-state index contributed by atoms with van der Waals surface area (Å²) in [5.74, 6) is 0. The van der Waals surface area contributed by atoms with Gasteiger partial charge in [0, 0.05) is 10.8 Å². The Hall–Kier alpha value is -5.66. The predicted molar refractivity (Wildman–Crippen MR) is 265 cm³/mol. The topological polar surface area (TPSA) is 13.1 Å². The predicted octanol–water partition coefficient (Wildman–Crippen LogP) is -0.733. The maximum Gasteiger partial charge on any atom is 0.139 e. The summed E-state index contributed by atoms with van der Waals surface area (Å²) in [6.07, 6.45) is 0. The normalized spacial score (nSPS) is 11.9. The second kappa shape index (κ2) is 12.4. The van der Waals surface area contributed by atoms with E-state index >= 15 is 0 Å². The summed E-state index contributed by atoms with van der Waals surface area (Å²) in [7, 11) is 18.7. The molecule has 1 nitrogen and oxygen atoms in total. The van der Waals surface area contributed by atoms with E-state index in [4.69, 9.17) is 4.42 Å². The Balaban J connectivity index is 1.45. The van der Waals surface area contributed by atoms with Crippen molar-refractivity contribution in [3.05, 3.63) is 121 Å². The molecule has 0 unspecified atom stereocenters. The van der Waals surface area contributed by atoms with Crippen molar-refractivity contribution in [2.75, 3.05) is 0 Å². The maximum absolute atomic E-state index is 6.55. The van der Waals surface area contributed by atoms with E-state index in [-0.39, 0.29) is 0 Å². The summed E-state index contributed by atoms with van der Waals surface area (Å²) in [5.41, 5.74) is 20.4. The van der Waals surface area contributed by atoms with Crippen LogP contribution >= 0.6 is 0 Å². The van der Waals surface area contributed by atoms with Gasteiger partial charge in [-0.3, -0.25) is 0 Å². The van der Waals surface area contributed by atoms with Crippen LogP contribution in [0.2, 0.25) is 0 Å². The first-order valence-corrected chi connectivity index (χ1v) is 19.5. The molecule has 0 bridgehead atoms. The minimum absolute atomic E-state index is 0.924. The van der Waals surface area contributed by atoms with E-state index in [0.29, 0.717) is 0 Å². The van der Waals surface area contributed by atoms with Gasteiger partial charge >= 0.3 is 0 Å². The van der Waals surface area contributed by atoms with Crippen molar-refractivity contribution in [3.8, 4) is 33.4 Å². The van der Waals surface area contributed by atoms with Gasteiger partial charge in [-0.2, -0.15) is 0 Å². The average molecular weight is 691 g/mol. The SMILES string of the molecule is Bc1c(B)c(B)c2c(-c3cccc4oc5ccccc5c34)c3c(B)c(B)c(B)c(B)c3c(-c3ccc(-c4cccc5ccccc45)c4ccccc34)c2c1B. The highest BCUT2D eigenvalue weighted by Crippen LogP contribution is 2.47. The molecule has 0 aliphatic carbocycles. The molecule has 1 heterocycles. The Bertz CT molecular complexity index is 3220. The lowest BCUT2D eigenvalue weighted by Gasteiger charge is -2.29. The second-order valence-corrected chi connectivity index (χ2v) is 15.8. The van der Waals surface area contributed by atoms with Gasteiger partial charge in [0.05, 0.1) is 0 Å². The van der Waals surface area contributed by atoms with Crippen LogP contribution in [0.3, 0.4) is 0 Å². The Morgan fingerprint density at radius 1 is 0.273 bits per heavy atom. The zero-order valence-corrected chi connectivity index (χ0v) is 33.0. The van der Waals surface area contributed by atoms with E-state index in [1.54, 1.807) is 0 Å². The molecule has 0 aliphatic heterocycles. The number of hydrogen-bond donors (Lipinski definition) is 0. The molecule has 0 saturated heterocycles. The molecule has 0 saturated carbocycles. The van der Waals surface area contributed by atoms with Crippen LogP contribution in [0.1, 0.15) is 0 Å². The molecule has 0 spiro atoms. The van der Waals surface area contributed by atoms with Crippen molar-refractivity contribution in [2.45, 2.75) is 0 Å². The van der Waals surface area contributed by atoms with Crippen molar-refractivity contribution < 1.29 is 4.42 Å². The summed E-state index contributed by atoms with van der Waals surface area (Å²) in [5, 5.41) is 12.8. The van der Waals surface area contributed by atoms with E-state index in [1.165, 1.54) is 126 Å². The molecule has 0 fully saturated rings. The van der Waals surface area contributed by atoms with Crippen LogP contribution in [0.15, 0.2) is 126 Å². The van der Waals surface area contributed by atoms with Crippen LogP contribution in [0.4, 0.5) is 0 Å². The molecule has 9 aromatic carbocycles. The first kappa shape index (κ1) is 33.9. The smallest absolute Gasteiger partial charge is 0.139 e. The Morgan fingerprint density at radius 3 is 1.29 bits per heavy atom. The average Bonchev–Trinajstić information content (AvgIpc) is 3.61. The molecular formula is C46H36B8O. The van der Waals surface area contributed by atoms with Crippen molar-refractivity contribution in [1.82, 2.24) is 0 Å². The van der Waals surface area contributed by atoms with E-state index in [2.05, 4.69) is 184 Å². The van der Waals surface area contributed by atoms with Gasteiger partial charge in [0.15, 0.2) is 0 Å². The van der Waals surface area contributed by atoms with Crippen molar-refractivity contribution in [1.29, 1.82) is 0 Å². The van der Waals surface area contributed by atoms with Gasteiger partial charge in [0.25, 0.3) is 0 Å². The third-order valence-electron chi connectivity index (χ3n) is 13.3. The van der Waals surface area contributed by atoms with Crippen LogP contribution in [-0.4, -0.2) is 62.8 Å². The fourth-order valence-corrected chi connectivity index (χ4v) is 9.86. The highest BCUT2D eigenvalue weighted by molar-refractivity contribution is 6.71. The maximum atomic E-state index is 6.55. The molecule has 1 aromatic heterocycles. The number of benzene rings is 9. The zero-order valence-electron chi connectivity index (χ0n) is 33.0. The monoisotopic (exact) mass is 692 g/mol. The molecule has 55 heavy (non-hydrogen) atoms. The van der Waals surface area contributed by atoms with Crippen molar-refractivity contribution >= 4 is 172 Å². The molecular weight excluding hydrogens is 655 g/mol. The third-order valence-corrected chi connectivity index (χ3v) is 13.3. The number of fused-ring (bicyclic) bond motifs is 7. The third kappa shape index (κ3) is 4.72. The van der Waals surface area contributed by atoms with Crippen molar-refractivity contribution in [3.63, 3.8) is 0 Å². The first-order valence-electron chi connectivity index (χ1n) is 19.5. The van der Waals surface area contributed by atoms with Gasteiger partial charge in [-0.15, -0.1) is 21.9 Å². The highest BCUT2D eigenvalue weighted by Gasteiger charge is 2.27. The van der Waals surface area contributed by atoms with Gasteiger partial charge in [-0.25, -0.2) is 0 Å². The van der Waals surface area contributed by atoms with Gasteiger partial charge in [0.2, 0.25) is 0 Å². The summed E-state index contributed by atoms with van der Waals surface area (Å²) in [4.78, 5) is 0. The van der Waals surface area contributed by atoms with E-state index < -0.39 is 0 Å². The van der Waals surface area contributed by atoms with Gasteiger partial charge in [-0.1, -0.05) is 131 Å². The molecule has 10 rings (SSSR count). The van der Waals surface area contributed by atoms with Gasteiger partial charge < -0.3 is 4.42 Å². The van der Waals surface area contributed by atoms with Crippen LogP contribution < -0.4 is 43.7 Å². The van der Waals surface area contributed by atoms with Crippen LogP contribution in [0, 0.1) is 0 Å². The molecule has 250 valence electrons. The number of para-hydroxylation sites is 1. The molecule has 0 aliphatic rings. The second-order valence-electron chi connectivity index (χ2n) is 15.8. The highest BCUT2D eigenvalue weighted by atomic mass is 16.3. The number of furan rings is 1. The van der Waals surface area contributed by atoms with Crippen LogP contribution in [-0.2, 0) is 0 Å². The fraction of sp³-hybridized carbons (Fsp3) is 0. The first-order chi connectivity index (χ1) is 26.7. The summed E-state index contributed by atoms with van der Waals surface area (Å²) >= 11 is 0. The van der Waals surface area contributed by atoms with Crippen LogP contribution in [0.25, 0.3) is 98.4 Å². The largest absolute Gasteiger partial charge is 0.456 e. The Morgan fingerprint density at radius 2 is 0.673 bits per heavy atom. The lowest BCUT2D eigenvalue weighted by molar-refractivity contribution is 0.669. The number of rotatable bonds is 3. The van der Waals surface area contributed by atoms with E-state index in [9.17, 15) is 0 Å². The van der Waals surface area contributed by atoms with Crippen LogP contribution in [0.5, 0.6) is 0 Å². The lowest BCUT2D eigenvalue weighted by atomic mass is 9.59. The Kier molecular flexibility index (Phi) is 7.66. The molecule has 0 N–H and O–H groups in total. The quantitative estimate of drug-likeness (QED) is 0.176. The minimum Gasteiger partial charge on any atom is -0.456 e. The summed E-state index contributed by atoms with van der Waals surface area (Å²) in [6, 6.07) is 44.5. The fourth-order valence-electron chi connectivity index (χ4n) is 9.86. The lowest BCUT2D eigenvalue weighted by Crippen LogP contribution is -2.50. The Labute approximate surface area is 329 Å². The molecule has 9 heteroatoms. The minimum atomic E-state index is 0.924. The standard InChI is InChI=1S/C46H36B8O/c47-39-35-33(27-20-19-26(24-12-3-4-13-25(24)27)23-15-7-10-21-9-1-2-11-22(21)23)36-38(42(50)46(54)44(52)40(36)48)34(37(35)41(49)45(53)43(39)51)29-16-8-18-31-32(29)28-14-5-6-17-30(28)55-31/h1-20H,47-54H2. The summed E-state index contributed by atoms with van der Waals surface area (Å²) < 4.78 is 6.55. The van der Waals surface area contributed by atoms with Gasteiger partial charge in [-0.05, 0) is 88.6 Å². The summed E-state index contributed by atoms with van der Waals surface area (Å²) in [6.45, 7) is 0. The van der Waals surface area contributed by atoms with E-state index in [0.717, 1.165) is 16.6 Å². The van der Waals surface area contributed by atoms with Gasteiger partial charge in [0.1, 0.15) is 73.9 Å². The molecule has 0 atom stereocenters. The molecule has 10 aromatic rings. The zero-order chi connectivity index (χ0) is 37.9. The molecule has 0 radical (unpaired) electrons. The number of hydrogen-bond acceptors (Lipinski definition) is 1. The van der Waals surface area contributed by atoms with E-state index in [1.807, 2.05) is 0 Å².